The maximum absolute atomic E-state index is 13.5. The number of pyridine rings is 1. The molecule has 190 valence electrons. The number of amides is 2. The number of aromatic nitrogens is 1. The van der Waals surface area contributed by atoms with Crippen LogP contribution in [-0.4, -0.2) is 55.3 Å². The Hall–Kier alpha value is -2.71. The van der Waals surface area contributed by atoms with Gasteiger partial charge in [0.1, 0.15) is 6.04 Å². The Morgan fingerprint density at radius 1 is 1.08 bits per heavy atom. The molecule has 0 bridgehead atoms. The van der Waals surface area contributed by atoms with Crippen LogP contribution in [0, 0.1) is 0 Å². The fraction of sp³-hybridized carbons (Fsp3) is 0.346. The number of hydrogen-bond acceptors (Lipinski definition) is 5. The summed E-state index contributed by atoms with van der Waals surface area (Å²) in [6, 6.07) is 19.0. The number of likely N-dealkylation sites (tertiary alicyclic amines) is 1. The van der Waals surface area contributed by atoms with Crippen molar-refractivity contribution in [3.8, 4) is 0 Å². The molecule has 2 heterocycles. The highest BCUT2D eigenvalue weighted by atomic mass is 32.2. The summed E-state index contributed by atoms with van der Waals surface area (Å²) in [6.07, 6.45) is 4.41. The Balaban J connectivity index is 1.49. The third-order valence-electron chi connectivity index (χ3n) is 6.23. The second-order valence-corrected chi connectivity index (χ2v) is 12.0. The maximum atomic E-state index is 13.5. The summed E-state index contributed by atoms with van der Waals surface area (Å²) in [5.74, 6) is -0.591. The van der Waals surface area contributed by atoms with Crippen molar-refractivity contribution in [2.24, 2.45) is 0 Å². The van der Waals surface area contributed by atoms with Gasteiger partial charge in [-0.1, -0.05) is 48.5 Å². The first-order valence-corrected chi connectivity index (χ1v) is 14.9. The molecule has 0 saturated carbocycles. The molecule has 1 aromatic heterocycles. The van der Waals surface area contributed by atoms with Gasteiger partial charge >= 0.3 is 7.60 Å². The predicted molar refractivity (Wildman–Crippen MR) is 141 cm³/mol. The van der Waals surface area contributed by atoms with Crippen LogP contribution in [0.15, 0.2) is 66.9 Å². The maximum Gasteiger partial charge on any atom is 0.335 e. The quantitative estimate of drug-likeness (QED) is 0.361. The molecule has 3 aromatic rings. The van der Waals surface area contributed by atoms with Gasteiger partial charge in [-0.05, 0) is 54.2 Å². The summed E-state index contributed by atoms with van der Waals surface area (Å²) in [5, 5.41) is 5.41. The lowest BCUT2D eigenvalue weighted by Gasteiger charge is -2.35. The zero-order valence-electron chi connectivity index (χ0n) is 19.8. The molecular formula is C26H30N3O5PS. The minimum absolute atomic E-state index is 0.0738. The normalized spacial score (nSPS) is 17.1. The number of hydrogen-bond donors (Lipinski definition) is 3. The molecule has 8 nitrogen and oxygen atoms in total. The molecule has 2 unspecified atom stereocenters. The molecule has 2 atom stereocenters. The van der Waals surface area contributed by atoms with Crippen LogP contribution in [0.2, 0.25) is 0 Å². The summed E-state index contributed by atoms with van der Waals surface area (Å²) in [6.45, 7) is 0.451. The molecule has 36 heavy (non-hydrogen) atoms. The van der Waals surface area contributed by atoms with Gasteiger partial charge in [0.2, 0.25) is 11.8 Å². The monoisotopic (exact) mass is 527 g/mol. The van der Waals surface area contributed by atoms with E-state index in [2.05, 4.69) is 40.6 Å². The summed E-state index contributed by atoms with van der Waals surface area (Å²) < 4.78 is 11.1. The van der Waals surface area contributed by atoms with Crippen LogP contribution in [0.5, 0.6) is 0 Å². The van der Waals surface area contributed by atoms with Crippen molar-refractivity contribution in [2.75, 3.05) is 17.8 Å². The van der Waals surface area contributed by atoms with Crippen molar-refractivity contribution < 1.29 is 23.9 Å². The number of thioether (sulfide) groups is 1. The number of piperidine rings is 1. The second kappa shape index (κ2) is 12.0. The summed E-state index contributed by atoms with van der Waals surface area (Å²) in [4.78, 5) is 50.5. The Labute approximate surface area is 214 Å². The van der Waals surface area contributed by atoms with E-state index in [1.807, 2.05) is 30.3 Å². The summed E-state index contributed by atoms with van der Waals surface area (Å²) in [5.41, 5.74) is 1.39. The average Bonchev–Trinajstić information content (AvgIpc) is 2.88. The Morgan fingerprint density at radius 3 is 2.61 bits per heavy atom. The van der Waals surface area contributed by atoms with Crippen LogP contribution >= 0.6 is 19.4 Å². The van der Waals surface area contributed by atoms with E-state index in [1.54, 1.807) is 11.1 Å². The zero-order chi connectivity index (χ0) is 25.5. The van der Waals surface area contributed by atoms with E-state index < -0.39 is 19.1 Å². The van der Waals surface area contributed by atoms with E-state index in [4.69, 9.17) is 9.79 Å². The van der Waals surface area contributed by atoms with Crippen LogP contribution in [0.4, 0.5) is 0 Å². The number of benzene rings is 2. The van der Waals surface area contributed by atoms with E-state index in [0.29, 0.717) is 19.4 Å². The van der Waals surface area contributed by atoms with Gasteiger partial charge in [0.05, 0.1) is 23.0 Å². The molecule has 4 rings (SSSR count). The number of carbonyl (C=O) groups is 2. The molecule has 1 fully saturated rings. The first kappa shape index (κ1) is 26.4. The van der Waals surface area contributed by atoms with Gasteiger partial charge in [-0.2, -0.15) is 0 Å². The largest absolute Gasteiger partial charge is 0.346 e. The number of nitrogens with zero attached hydrogens (tertiary/aromatic N) is 2. The van der Waals surface area contributed by atoms with E-state index in [0.717, 1.165) is 46.6 Å². The van der Waals surface area contributed by atoms with E-state index >= 15 is 0 Å². The number of fused-ring (bicyclic) bond motifs is 1. The molecule has 2 aromatic carbocycles. The predicted octanol–water partition coefficient (Wildman–Crippen LogP) is 3.88. The Kier molecular flexibility index (Phi) is 8.80. The average molecular weight is 528 g/mol. The molecule has 10 heteroatoms. The fourth-order valence-electron chi connectivity index (χ4n) is 4.52. The van der Waals surface area contributed by atoms with Crippen molar-refractivity contribution in [3.63, 3.8) is 0 Å². The lowest BCUT2D eigenvalue weighted by molar-refractivity contribution is -0.140. The second-order valence-electron chi connectivity index (χ2n) is 8.94. The van der Waals surface area contributed by atoms with Gasteiger partial charge in [0.15, 0.2) is 0 Å². The van der Waals surface area contributed by atoms with E-state index in [-0.39, 0.29) is 23.6 Å². The van der Waals surface area contributed by atoms with Crippen LogP contribution < -0.4 is 5.32 Å². The molecule has 0 aliphatic carbocycles. The summed E-state index contributed by atoms with van der Waals surface area (Å²) >= 11 is 0.893. The van der Waals surface area contributed by atoms with Crippen LogP contribution in [0.1, 0.15) is 36.6 Å². The minimum Gasteiger partial charge on any atom is -0.346 e. The van der Waals surface area contributed by atoms with Crippen molar-refractivity contribution in [3.05, 3.63) is 78.1 Å². The van der Waals surface area contributed by atoms with Gasteiger partial charge in [-0.3, -0.25) is 19.1 Å². The van der Waals surface area contributed by atoms with E-state index in [9.17, 15) is 14.2 Å². The molecule has 0 radical (unpaired) electrons. The zero-order valence-corrected chi connectivity index (χ0v) is 21.5. The topological polar surface area (TPSA) is 120 Å². The van der Waals surface area contributed by atoms with Gasteiger partial charge < -0.3 is 20.0 Å². The van der Waals surface area contributed by atoms with Crippen LogP contribution in [0.3, 0.4) is 0 Å². The first-order chi connectivity index (χ1) is 17.3. The van der Waals surface area contributed by atoms with E-state index in [1.165, 1.54) is 0 Å². The number of carbonyl (C=O) groups excluding carboxylic acids is 2. The Morgan fingerprint density at radius 2 is 1.86 bits per heavy atom. The van der Waals surface area contributed by atoms with Gasteiger partial charge in [-0.15, -0.1) is 11.8 Å². The number of rotatable bonds is 9. The highest BCUT2D eigenvalue weighted by Crippen LogP contribution is 2.38. The lowest BCUT2D eigenvalue weighted by atomic mass is 9.97. The Bertz CT molecular complexity index is 1250. The number of nitrogens with one attached hydrogen (secondary N) is 1. The molecule has 1 aliphatic heterocycles. The SMILES string of the molecule is O=C(NC(Cc1ccc2ccccc2c1)c1ccccn1)C1CCCCN1C(=O)CSCP(=O)(O)O. The van der Waals surface area contributed by atoms with Crippen LogP contribution in [-0.2, 0) is 20.6 Å². The molecule has 1 aliphatic rings. The van der Waals surface area contributed by atoms with Crippen molar-refractivity contribution in [2.45, 2.75) is 37.8 Å². The van der Waals surface area contributed by atoms with Crippen molar-refractivity contribution in [1.82, 2.24) is 15.2 Å². The van der Waals surface area contributed by atoms with Crippen molar-refractivity contribution in [1.29, 1.82) is 0 Å². The van der Waals surface area contributed by atoms with Crippen LogP contribution in [0.25, 0.3) is 10.8 Å². The molecule has 2 amide bonds. The first-order valence-electron chi connectivity index (χ1n) is 11.9. The highest BCUT2D eigenvalue weighted by molar-refractivity contribution is 8.04. The smallest absolute Gasteiger partial charge is 0.335 e. The van der Waals surface area contributed by atoms with Gasteiger partial charge in [-0.25, -0.2) is 0 Å². The third kappa shape index (κ3) is 7.17. The minimum atomic E-state index is -4.19. The molecular weight excluding hydrogens is 497 g/mol. The van der Waals surface area contributed by atoms with Gasteiger partial charge in [0, 0.05) is 12.7 Å². The fourth-order valence-corrected chi connectivity index (χ4v) is 6.18. The van der Waals surface area contributed by atoms with Gasteiger partial charge in [0.25, 0.3) is 0 Å². The molecule has 0 spiro atoms. The standard InChI is InChI=1S/C26H30N3O5PS/c30-25(17-36-18-35(32,33)34)29-14-6-4-10-24(29)26(31)28-23(22-9-3-5-13-27-22)16-19-11-12-20-7-1-2-8-21(20)15-19/h1-3,5,7-9,11-13,15,23-24H,4,6,10,14,16-18H2,(H,28,31)(H2,32,33,34). The third-order valence-corrected chi connectivity index (χ3v) is 8.75. The van der Waals surface area contributed by atoms with Crippen molar-refractivity contribution >= 4 is 41.9 Å². The molecule has 1 saturated heterocycles. The highest BCUT2D eigenvalue weighted by Gasteiger charge is 2.33. The molecule has 3 N–H and O–H groups in total. The summed E-state index contributed by atoms with van der Waals surface area (Å²) in [7, 11) is -4.19. The lowest BCUT2D eigenvalue weighted by Crippen LogP contribution is -2.53.